The Balaban J connectivity index is 2.73. The molecule has 2 aromatic carbocycles. The number of aryl methyl sites for hydroxylation is 1. The van der Waals surface area contributed by atoms with Gasteiger partial charge in [-0.05, 0) is 49.6 Å². The van der Waals surface area contributed by atoms with E-state index in [1.54, 1.807) is 18.2 Å². The summed E-state index contributed by atoms with van der Waals surface area (Å²) < 4.78 is 0. The molecular formula is C15H16O2. The van der Waals surface area contributed by atoms with Crippen molar-refractivity contribution in [3.05, 3.63) is 47.0 Å². The van der Waals surface area contributed by atoms with E-state index in [1.165, 1.54) is 0 Å². The molecule has 0 unspecified atom stereocenters. The Morgan fingerprint density at radius 1 is 0.824 bits per heavy atom. The van der Waals surface area contributed by atoms with Crippen molar-refractivity contribution in [3.8, 4) is 22.6 Å². The minimum atomic E-state index is 0.186. The highest BCUT2D eigenvalue weighted by molar-refractivity contribution is 5.77. The molecule has 0 saturated carbocycles. The third-order valence-corrected chi connectivity index (χ3v) is 3.32. The quantitative estimate of drug-likeness (QED) is 0.781. The van der Waals surface area contributed by atoms with Crippen LogP contribution in [0.25, 0.3) is 11.1 Å². The van der Waals surface area contributed by atoms with E-state index >= 15 is 0 Å². The Morgan fingerprint density at radius 3 is 2.12 bits per heavy atom. The highest BCUT2D eigenvalue weighted by Gasteiger charge is 2.13. The van der Waals surface area contributed by atoms with Gasteiger partial charge in [0.2, 0.25) is 0 Å². The Kier molecular flexibility index (Phi) is 2.80. The Labute approximate surface area is 101 Å². The molecule has 0 aliphatic rings. The first kappa shape index (κ1) is 11.5. The lowest BCUT2D eigenvalue weighted by Gasteiger charge is -2.13. The first-order valence-corrected chi connectivity index (χ1v) is 5.60. The molecule has 0 radical (unpaired) electrons. The molecule has 17 heavy (non-hydrogen) atoms. The second-order valence-corrected chi connectivity index (χ2v) is 4.36. The van der Waals surface area contributed by atoms with E-state index < -0.39 is 0 Å². The maximum atomic E-state index is 10.2. The van der Waals surface area contributed by atoms with Crippen LogP contribution < -0.4 is 0 Å². The molecule has 2 rings (SSSR count). The van der Waals surface area contributed by atoms with Crippen LogP contribution in [0.3, 0.4) is 0 Å². The minimum absolute atomic E-state index is 0.186. The topological polar surface area (TPSA) is 40.5 Å². The molecule has 0 aliphatic carbocycles. The monoisotopic (exact) mass is 228 g/mol. The van der Waals surface area contributed by atoms with Crippen molar-refractivity contribution in [1.29, 1.82) is 0 Å². The lowest BCUT2D eigenvalue weighted by molar-refractivity contribution is 0.466. The molecule has 0 fully saturated rings. The maximum absolute atomic E-state index is 10.2. The number of phenolic OH excluding ortho intramolecular Hbond substituents is 2. The van der Waals surface area contributed by atoms with Gasteiger partial charge in [-0.25, -0.2) is 0 Å². The summed E-state index contributed by atoms with van der Waals surface area (Å²) in [4.78, 5) is 0. The van der Waals surface area contributed by atoms with Gasteiger partial charge in [0.25, 0.3) is 0 Å². The molecule has 2 nitrogen and oxygen atoms in total. The molecule has 2 N–H and O–H groups in total. The number of para-hydroxylation sites is 1. The average molecular weight is 228 g/mol. The van der Waals surface area contributed by atoms with Gasteiger partial charge in [0.05, 0.1) is 0 Å². The summed E-state index contributed by atoms with van der Waals surface area (Å²) in [6.45, 7) is 5.88. The first-order chi connectivity index (χ1) is 8.02. The van der Waals surface area contributed by atoms with Crippen LogP contribution in [0, 0.1) is 20.8 Å². The number of phenols is 2. The van der Waals surface area contributed by atoms with E-state index in [9.17, 15) is 10.2 Å². The first-order valence-electron chi connectivity index (χ1n) is 5.60. The molecule has 88 valence electrons. The molecule has 2 aromatic rings. The zero-order valence-corrected chi connectivity index (χ0v) is 10.3. The third-order valence-electron chi connectivity index (χ3n) is 3.32. The zero-order valence-electron chi connectivity index (χ0n) is 10.3. The van der Waals surface area contributed by atoms with Crippen LogP contribution in [0.2, 0.25) is 0 Å². The van der Waals surface area contributed by atoms with Gasteiger partial charge in [-0.3, -0.25) is 0 Å². The number of benzene rings is 2. The lowest BCUT2D eigenvalue weighted by atomic mass is 9.94. The third kappa shape index (κ3) is 1.86. The van der Waals surface area contributed by atoms with Gasteiger partial charge in [0, 0.05) is 11.1 Å². The SMILES string of the molecule is Cc1cc(-c2ccccc2O)c(O)c(C)c1C. The van der Waals surface area contributed by atoms with Crippen molar-refractivity contribution < 1.29 is 10.2 Å². The molecule has 0 atom stereocenters. The van der Waals surface area contributed by atoms with E-state index in [1.807, 2.05) is 32.9 Å². The predicted octanol–water partition coefficient (Wildman–Crippen LogP) is 3.69. The van der Waals surface area contributed by atoms with Crippen LogP contribution in [-0.4, -0.2) is 10.2 Å². The van der Waals surface area contributed by atoms with Gasteiger partial charge in [0.1, 0.15) is 11.5 Å². The normalized spacial score (nSPS) is 10.5. The number of hydrogen-bond acceptors (Lipinski definition) is 2. The van der Waals surface area contributed by atoms with Crippen molar-refractivity contribution in [2.45, 2.75) is 20.8 Å². The van der Waals surface area contributed by atoms with Crippen LogP contribution in [0.1, 0.15) is 16.7 Å². The second-order valence-electron chi connectivity index (χ2n) is 4.36. The maximum Gasteiger partial charge on any atom is 0.126 e. The zero-order chi connectivity index (χ0) is 12.6. The van der Waals surface area contributed by atoms with E-state index in [-0.39, 0.29) is 11.5 Å². The summed E-state index contributed by atoms with van der Waals surface area (Å²) in [6.07, 6.45) is 0. The van der Waals surface area contributed by atoms with Crippen molar-refractivity contribution in [1.82, 2.24) is 0 Å². The molecule has 0 bridgehead atoms. The highest BCUT2D eigenvalue weighted by Crippen LogP contribution is 2.39. The van der Waals surface area contributed by atoms with Gasteiger partial charge in [-0.2, -0.15) is 0 Å². The summed E-state index contributed by atoms with van der Waals surface area (Å²) in [5.74, 6) is 0.431. The molecule has 0 aliphatic heterocycles. The van der Waals surface area contributed by atoms with E-state index in [0.29, 0.717) is 11.1 Å². The van der Waals surface area contributed by atoms with Crippen LogP contribution >= 0.6 is 0 Å². The molecule has 0 heterocycles. The second kappa shape index (κ2) is 4.13. The molecule has 0 saturated heterocycles. The summed E-state index contributed by atoms with van der Waals surface area (Å²) in [5.41, 5.74) is 4.41. The molecule has 0 spiro atoms. The van der Waals surface area contributed by atoms with Gasteiger partial charge in [0.15, 0.2) is 0 Å². The standard InChI is InChI=1S/C15H16O2/c1-9-8-13(15(17)11(3)10(9)2)12-6-4-5-7-14(12)16/h4-8,16-17H,1-3H3. The van der Waals surface area contributed by atoms with E-state index in [2.05, 4.69) is 0 Å². The molecule has 0 amide bonds. The fraction of sp³-hybridized carbons (Fsp3) is 0.200. The van der Waals surface area contributed by atoms with Crippen LogP contribution in [0.5, 0.6) is 11.5 Å². The lowest BCUT2D eigenvalue weighted by Crippen LogP contribution is -1.91. The number of rotatable bonds is 1. The average Bonchev–Trinajstić information content (AvgIpc) is 2.32. The Bertz CT molecular complexity index is 571. The summed E-state index contributed by atoms with van der Waals surface area (Å²) in [5, 5.41) is 20.0. The minimum Gasteiger partial charge on any atom is -0.507 e. The van der Waals surface area contributed by atoms with E-state index in [4.69, 9.17) is 0 Å². The van der Waals surface area contributed by atoms with Crippen LogP contribution in [0.4, 0.5) is 0 Å². The largest absolute Gasteiger partial charge is 0.507 e. The number of aromatic hydroxyl groups is 2. The Hall–Kier alpha value is -1.96. The van der Waals surface area contributed by atoms with Gasteiger partial charge in [-0.1, -0.05) is 18.2 Å². The van der Waals surface area contributed by atoms with Gasteiger partial charge in [-0.15, -0.1) is 0 Å². The van der Waals surface area contributed by atoms with Crippen LogP contribution in [0.15, 0.2) is 30.3 Å². The van der Waals surface area contributed by atoms with Crippen molar-refractivity contribution in [3.63, 3.8) is 0 Å². The summed E-state index contributed by atoms with van der Waals surface area (Å²) in [6, 6.07) is 8.95. The molecule has 0 aromatic heterocycles. The fourth-order valence-electron chi connectivity index (χ4n) is 1.98. The van der Waals surface area contributed by atoms with Crippen LogP contribution in [-0.2, 0) is 0 Å². The highest BCUT2D eigenvalue weighted by atomic mass is 16.3. The summed E-state index contributed by atoms with van der Waals surface area (Å²) in [7, 11) is 0. The molecular weight excluding hydrogens is 212 g/mol. The van der Waals surface area contributed by atoms with Crippen molar-refractivity contribution in [2.24, 2.45) is 0 Å². The van der Waals surface area contributed by atoms with E-state index in [0.717, 1.165) is 16.7 Å². The number of hydrogen-bond donors (Lipinski definition) is 2. The van der Waals surface area contributed by atoms with Crippen molar-refractivity contribution in [2.75, 3.05) is 0 Å². The molecule has 2 heteroatoms. The van der Waals surface area contributed by atoms with Gasteiger partial charge >= 0.3 is 0 Å². The summed E-state index contributed by atoms with van der Waals surface area (Å²) >= 11 is 0. The fourth-order valence-corrected chi connectivity index (χ4v) is 1.98. The van der Waals surface area contributed by atoms with Crippen molar-refractivity contribution >= 4 is 0 Å². The Morgan fingerprint density at radius 2 is 1.47 bits per heavy atom. The van der Waals surface area contributed by atoms with Gasteiger partial charge < -0.3 is 10.2 Å². The smallest absolute Gasteiger partial charge is 0.126 e. The predicted molar refractivity (Wildman–Crippen MR) is 69.4 cm³/mol.